The van der Waals surface area contributed by atoms with Crippen LogP contribution in [-0.2, 0) is 22.3 Å². The van der Waals surface area contributed by atoms with Gasteiger partial charge in [-0.05, 0) is 72.2 Å². The number of halogens is 4. The Labute approximate surface area is 227 Å². The molecule has 0 atom stereocenters. The molecule has 0 fully saturated rings. The summed E-state index contributed by atoms with van der Waals surface area (Å²) in [6, 6.07) is 12.4. The third-order valence-electron chi connectivity index (χ3n) is 5.80. The molecule has 9 nitrogen and oxygen atoms in total. The normalized spacial score (nSPS) is 11.3. The van der Waals surface area contributed by atoms with Gasteiger partial charge in [-0.1, -0.05) is 6.07 Å². The van der Waals surface area contributed by atoms with Crippen LogP contribution in [0.3, 0.4) is 0 Å². The number of ether oxygens (including phenoxy) is 1. The summed E-state index contributed by atoms with van der Waals surface area (Å²) in [5.74, 6) is -0.873. The highest BCUT2D eigenvalue weighted by molar-refractivity contribution is 9.10. The van der Waals surface area contributed by atoms with Gasteiger partial charge in [-0.2, -0.15) is 23.5 Å². The molecule has 4 aromatic rings. The van der Waals surface area contributed by atoms with Gasteiger partial charge in [0.25, 0.3) is 5.56 Å². The van der Waals surface area contributed by atoms with Crippen molar-refractivity contribution in [1.82, 2.24) is 18.9 Å². The van der Waals surface area contributed by atoms with E-state index in [0.29, 0.717) is 20.3 Å². The van der Waals surface area contributed by atoms with Crippen LogP contribution in [0.15, 0.2) is 68.8 Å². The van der Waals surface area contributed by atoms with Crippen molar-refractivity contribution in [3.05, 3.63) is 96.9 Å². The third kappa shape index (κ3) is 5.28. The summed E-state index contributed by atoms with van der Waals surface area (Å²) < 4.78 is 48.7. The molecule has 0 saturated carbocycles. The summed E-state index contributed by atoms with van der Waals surface area (Å²) >= 11 is 3.37. The number of rotatable bonds is 6. The van der Waals surface area contributed by atoms with Gasteiger partial charge in [0.1, 0.15) is 6.54 Å². The van der Waals surface area contributed by atoms with Gasteiger partial charge in [-0.3, -0.25) is 14.2 Å². The number of alkyl halides is 3. The van der Waals surface area contributed by atoms with Crippen molar-refractivity contribution in [3.63, 3.8) is 0 Å². The van der Waals surface area contributed by atoms with Crippen LogP contribution in [-0.4, -0.2) is 31.5 Å². The van der Waals surface area contributed by atoms with E-state index in [2.05, 4.69) is 21.0 Å². The SMILES string of the molecule is CCOC(=O)Cn1c(=O)c(-c2c(Br)cnn2-c2ccc(C#N)cc2)c(C)n(-c2cccc(C(F)(F)F)c2)c1=O. The molecule has 0 spiro atoms. The average molecular weight is 602 g/mol. The van der Waals surface area contributed by atoms with Crippen LogP contribution in [0.2, 0.25) is 0 Å². The molecule has 0 amide bonds. The van der Waals surface area contributed by atoms with Crippen LogP contribution in [0.1, 0.15) is 23.7 Å². The fourth-order valence-electron chi connectivity index (χ4n) is 4.05. The maximum Gasteiger partial charge on any atom is 0.416 e. The summed E-state index contributed by atoms with van der Waals surface area (Å²) in [5, 5.41) is 13.4. The van der Waals surface area contributed by atoms with E-state index in [0.717, 1.165) is 22.8 Å². The van der Waals surface area contributed by atoms with Crippen LogP contribution in [0.25, 0.3) is 22.6 Å². The predicted octanol–water partition coefficient (Wildman–Crippen LogP) is 4.38. The van der Waals surface area contributed by atoms with E-state index in [4.69, 9.17) is 10.00 Å². The first-order valence-electron chi connectivity index (χ1n) is 11.4. The van der Waals surface area contributed by atoms with Gasteiger partial charge >= 0.3 is 17.8 Å². The van der Waals surface area contributed by atoms with E-state index in [1.54, 1.807) is 31.2 Å². The maximum atomic E-state index is 13.8. The summed E-state index contributed by atoms with van der Waals surface area (Å²) in [4.78, 5) is 39.6. The van der Waals surface area contributed by atoms with Crippen molar-refractivity contribution in [1.29, 1.82) is 5.26 Å². The number of carbonyl (C=O) groups excluding carboxylic acids is 1. The van der Waals surface area contributed by atoms with E-state index >= 15 is 0 Å². The molecule has 200 valence electrons. The number of hydrogen-bond donors (Lipinski definition) is 0. The number of nitrogens with zero attached hydrogens (tertiary/aromatic N) is 5. The largest absolute Gasteiger partial charge is 0.465 e. The topological polar surface area (TPSA) is 112 Å². The zero-order chi connectivity index (χ0) is 28.5. The Morgan fingerprint density at radius 1 is 1.13 bits per heavy atom. The predicted molar refractivity (Wildman–Crippen MR) is 138 cm³/mol. The Kier molecular flexibility index (Phi) is 7.60. The summed E-state index contributed by atoms with van der Waals surface area (Å²) in [7, 11) is 0. The lowest BCUT2D eigenvalue weighted by molar-refractivity contribution is -0.144. The average Bonchev–Trinajstić information content (AvgIpc) is 3.27. The number of aromatic nitrogens is 4. The number of esters is 1. The van der Waals surface area contributed by atoms with Gasteiger partial charge < -0.3 is 4.74 Å². The standard InChI is InChI=1S/C26H19BrF3N5O4/c1-3-39-21(36)14-33-24(37)22(23-20(27)13-32-35(23)18-9-7-16(12-31)8-10-18)15(2)34(25(33)38)19-6-4-5-17(11-19)26(28,29)30/h4-11,13H,3,14H2,1-2H3. The van der Waals surface area contributed by atoms with Crippen LogP contribution < -0.4 is 11.2 Å². The second kappa shape index (κ2) is 10.7. The minimum Gasteiger partial charge on any atom is -0.465 e. The van der Waals surface area contributed by atoms with Crippen LogP contribution in [0.4, 0.5) is 13.2 Å². The van der Waals surface area contributed by atoms with Crippen LogP contribution in [0, 0.1) is 18.3 Å². The van der Waals surface area contributed by atoms with E-state index < -0.39 is 35.5 Å². The molecule has 2 aromatic heterocycles. The van der Waals surface area contributed by atoms with Crippen LogP contribution in [0.5, 0.6) is 0 Å². The smallest absolute Gasteiger partial charge is 0.416 e. The van der Waals surface area contributed by atoms with Gasteiger partial charge in [0.15, 0.2) is 0 Å². The van der Waals surface area contributed by atoms with E-state index in [9.17, 15) is 27.6 Å². The molecule has 2 heterocycles. The van der Waals surface area contributed by atoms with E-state index in [1.165, 1.54) is 23.9 Å². The summed E-state index contributed by atoms with van der Waals surface area (Å²) in [6.07, 6.45) is -3.28. The molecule has 0 aliphatic heterocycles. The summed E-state index contributed by atoms with van der Waals surface area (Å²) in [6.45, 7) is 2.19. The Morgan fingerprint density at radius 2 is 1.82 bits per heavy atom. The molecule has 13 heteroatoms. The van der Waals surface area contributed by atoms with Gasteiger partial charge in [0, 0.05) is 5.69 Å². The molecule has 0 aliphatic carbocycles. The second-order valence-corrected chi connectivity index (χ2v) is 9.09. The molecule has 4 rings (SSSR count). The molecule has 0 unspecified atom stereocenters. The Bertz CT molecular complexity index is 1730. The number of hydrogen-bond acceptors (Lipinski definition) is 6. The second-order valence-electron chi connectivity index (χ2n) is 8.23. The van der Waals surface area contributed by atoms with Gasteiger partial charge in [0.05, 0.1) is 57.1 Å². The first kappa shape index (κ1) is 27.6. The van der Waals surface area contributed by atoms with E-state index in [-0.39, 0.29) is 29.2 Å². The first-order chi connectivity index (χ1) is 18.5. The van der Waals surface area contributed by atoms with Gasteiger partial charge in [-0.15, -0.1) is 0 Å². The van der Waals surface area contributed by atoms with Crippen molar-refractivity contribution in [2.45, 2.75) is 26.6 Å². The molecule has 0 radical (unpaired) electrons. The minimum absolute atomic E-state index is 0.00880. The Balaban J connectivity index is 2.07. The minimum atomic E-state index is -4.69. The van der Waals surface area contributed by atoms with E-state index in [1.807, 2.05) is 6.07 Å². The van der Waals surface area contributed by atoms with Crippen molar-refractivity contribution < 1.29 is 22.7 Å². The Hall–Kier alpha value is -4.44. The molecular weight excluding hydrogens is 583 g/mol. The third-order valence-corrected chi connectivity index (χ3v) is 6.39. The molecular formula is C26H19BrF3N5O4. The van der Waals surface area contributed by atoms with Gasteiger partial charge in [-0.25, -0.2) is 14.0 Å². The van der Waals surface area contributed by atoms with Crippen molar-refractivity contribution in [2.24, 2.45) is 0 Å². The fraction of sp³-hybridized carbons (Fsp3) is 0.192. The van der Waals surface area contributed by atoms with Crippen molar-refractivity contribution in [3.8, 4) is 28.7 Å². The molecule has 0 N–H and O–H groups in total. The molecule has 0 saturated heterocycles. The number of carbonyl (C=O) groups is 1. The number of nitriles is 1. The molecule has 2 aromatic carbocycles. The van der Waals surface area contributed by atoms with Crippen molar-refractivity contribution in [2.75, 3.05) is 6.61 Å². The molecule has 0 aliphatic rings. The van der Waals surface area contributed by atoms with Crippen LogP contribution >= 0.6 is 15.9 Å². The molecule has 0 bridgehead atoms. The van der Waals surface area contributed by atoms with Crippen molar-refractivity contribution >= 4 is 21.9 Å². The fourth-order valence-corrected chi connectivity index (χ4v) is 4.51. The summed E-state index contributed by atoms with van der Waals surface area (Å²) in [5.41, 5.74) is -2.10. The highest BCUT2D eigenvalue weighted by Crippen LogP contribution is 2.33. The highest BCUT2D eigenvalue weighted by atomic mass is 79.9. The zero-order valence-corrected chi connectivity index (χ0v) is 22.1. The quantitative estimate of drug-likeness (QED) is 0.303. The monoisotopic (exact) mass is 601 g/mol. The number of benzene rings is 2. The maximum absolute atomic E-state index is 13.8. The lowest BCUT2D eigenvalue weighted by Gasteiger charge is -2.19. The zero-order valence-electron chi connectivity index (χ0n) is 20.5. The first-order valence-corrected chi connectivity index (χ1v) is 12.2. The highest BCUT2D eigenvalue weighted by Gasteiger charge is 2.31. The Morgan fingerprint density at radius 3 is 2.44 bits per heavy atom. The van der Waals surface area contributed by atoms with Gasteiger partial charge in [0.2, 0.25) is 0 Å². The lowest BCUT2D eigenvalue weighted by Crippen LogP contribution is -2.43. The lowest BCUT2D eigenvalue weighted by atomic mass is 10.1. The molecule has 39 heavy (non-hydrogen) atoms.